The highest BCUT2D eigenvalue weighted by atomic mass is 79.9. The van der Waals surface area contributed by atoms with Gasteiger partial charge in [-0.15, -0.1) is 0 Å². The zero-order valence-corrected chi connectivity index (χ0v) is 11.6. The predicted octanol–water partition coefficient (Wildman–Crippen LogP) is 4.36. The van der Waals surface area contributed by atoms with Gasteiger partial charge in [0.1, 0.15) is 5.75 Å². The van der Waals surface area contributed by atoms with Crippen LogP contribution in [0, 0.1) is 13.8 Å². The number of hydrogen-bond donors (Lipinski definition) is 1. The topological polar surface area (TPSA) is 20.2 Å². The molecule has 0 aliphatic heterocycles. The summed E-state index contributed by atoms with van der Waals surface area (Å²) >= 11 is 3.42. The molecule has 0 saturated heterocycles. The van der Waals surface area contributed by atoms with E-state index in [1.807, 2.05) is 32.0 Å². The van der Waals surface area contributed by atoms with E-state index in [0.29, 0.717) is 5.75 Å². The summed E-state index contributed by atoms with van der Waals surface area (Å²) in [6, 6.07) is 12.1. The summed E-state index contributed by atoms with van der Waals surface area (Å²) in [4.78, 5) is 0. The van der Waals surface area contributed by atoms with Gasteiger partial charge >= 0.3 is 0 Å². The van der Waals surface area contributed by atoms with Gasteiger partial charge in [0.05, 0.1) is 0 Å². The molecular formula is C15H15BrO. The first kappa shape index (κ1) is 12.2. The van der Waals surface area contributed by atoms with Gasteiger partial charge in [-0.1, -0.05) is 34.1 Å². The summed E-state index contributed by atoms with van der Waals surface area (Å²) in [5, 5.41) is 9.98. The Morgan fingerprint density at radius 1 is 1.06 bits per heavy atom. The molecule has 1 nitrogen and oxygen atoms in total. The molecule has 0 spiro atoms. The number of rotatable bonds is 2. The maximum atomic E-state index is 9.98. The first-order chi connectivity index (χ1) is 8.06. The van der Waals surface area contributed by atoms with Crippen LogP contribution in [0.15, 0.2) is 40.9 Å². The van der Waals surface area contributed by atoms with E-state index >= 15 is 0 Å². The highest BCUT2D eigenvalue weighted by Gasteiger charge is 2.07. The Morgan fingerprint density at radius 2 is 1.71 bits per heavy atom. The van der Waals surface area contributed by atoms with Gasteiger partial charge in [0, 0.05) is 16.5 Å². The maximum Gasteiger partial charge on any atom is 0.119 e. The van der Waals surface area contributed by atoms with Crippen molar-refractivity contribution in [3.05, 3.63) is 63.1 Å². The van der Waals surface area contributed by atoms with Crippen LogP contribution in [-0.2, 0) is 6.42 Å². The molecular weight excluding hydrogens is 276 g/mol. The van der Waals surface area contributed by atoms with Crippen molar-refractivity contribution in [2.24, 2.45) is 0 Å². The molecule has 0 bridgehead atoms. The van der Waals surface area contributed by atoms with Crippen molar-refractivity contribution >= 4 is 15.9 Å². The molecule has 0 saturated carbocycles. The average molecular weight is 291 g/mol. The SMILES string of the molecule is Cc1cc(C)c(Cc2ccc(Br)cc2)c(O)c1. The smallest absolute Gasteiger partial charge is 0.119 e. The summed E-state index contributed by atoms with van der Waals surface area (Å²) in [5.74, 6) is 0.394. The van der Waals surface area contributed by atoms with Gasteiger partial charge in [0.25, 0.3) is 0 Å². The van der Waals surface area contributed by atoms with E-state index in [4.69, 9.17) is 0 Å². The number of phenols is 1. The van der Waals surface area contributed by atoms with Crippen molar-refractivity contribution in [3.8, 4) is 5.75 Å². The molecule has 17 heavy (non-hydrogen) atoms. The van der Waals surface area contributed by atoms with Gasteiger partial charge in [-0.05, 0) is 48.7 Å². The van der Waals surface area contributed by atoms with Crippen LogP contribution in [0.2, 0.25) is 0 Å². The fraction of sp³-hybridized carbons (Fsp3) is 0.200. The average Bonchev–Trinajstić information content (AvgIpc) is 2.26. The molecule has 0 fully saturated rings. The zero-order chi connectivity index (χ0) is 12.4. The first-order valence-corrected chi connectivity index (χ1v) is 6.39. The molecule has 0 radical (unpaired) electrons. The fourth-order valence-electron chi connectivity index (χ4n) is 2.01. The van der Waals surface area contributed by atoms with Crippen molar-refractivity contribution in [2.45, 2.75) is 20.3 Å². The third-order valence-electron chi connectivity index (χ3n) is 2.89. The van der Waals surface area contributed by atoms with E-state index < -0.39 is 0 Å². The Morgan fingerprint density at radius 3 is 2.29 bits per heavy atom. The largest absolute Gasteiger partial charge is 0.508 e. The molecule has 0 unspecified atom stereocenters. The number of phenolic OH excluding ortho intramolecular Hbond substituents is 1. The van der Waals surface area contributed by atoms with E-state index in [-0.39, 0.29) is 0 Å². The molecule has 0 atom stereocenters. The highest BCUT2D eigenvalue weighted by molar-refractivity contribution is 9.10. The summed E-state index contributed by atoms with van der Waals surface area (Å²) < 4.78 is 1.08. The van der Waals surface area contributed by atoms with Crippen LogP contribution in [0.5, 0.6) is 5.75 Å². The summed E-state index contributed by atoms with van der Waals surface area (Å²) in [5.41, 5.74) is 4.46. The lowest BCUT2D eigenvalue weighted by Crippen LogP contribution is -1.93. The van der Waals surface area contributed by atoms with E-state index in [9.17, 15) is 5.11 Å². The van der Waals surface area contributed by atoms with Crippen LogP contribution >= 0.6 is 15.9 Å². The minimum absolute atomic E-state index is 0.394. The molecule has 2 rings (SSSR count). The molecule has 1 N–H and O–H groups in total. The maximum absolute atomic E-state index is 9.98. The minimum atomic E-state index is 0.394. The van der Waals surface area contributed by atoms with Gasteiger partial charge < -0.3 is 5.11 Å². The standard InChI is InChI=1S/C15H15BrO/c1-10-7-11(2)14(15(17)8-10)9-12-3-5-13(16)6-4-12/h3-8,17H,9H2,1-2H3. The van der Waals surface area contributed by atoms with Gasteiger partial charge in [0.2, 0.25) is 0 Å². The zero-order valence-electron chi connectivity index (χ0n) is 10.00. The van der Waals surface area contributed by atoms with Crippen LogP contribution in [-0.4, -0.2) is 5.11 Å². The fourth-order valence-corrected chi connectivity index (χ4v) is 2.28. The highest BCUT2D eigenvalue weighted by Crippen LogP contribution is 2.26. The summed E-state index contributed by atoms with van der Waals surface area (Å²) in [7, 11) is 0. The van der Waals surface area contributed by atoms with E-state index in [2.05, 4.69) is 34.1 Å². The van der Waals surface area contributed by atoms with Crippen molar-refractivity contribution in [2.75, 3.05) is 0 Å². The van der Waals surface area contributed by atoms with Crippen molar-refractivity contribution < 1.29 is 5.11 Å². The Bertz CT molecular complexity index is 506. The van der Waals surface area contributed by atoms with Crippen molar-refractivity contribution in [3.63, 3.8) is 0 Å². The third-order valence-corrected chi connectivity index (χ3v) is 3.42. The second kappa shape index (κ2) is 4.92. The molecule has 2 aromatic carbocycles. The Kier molecular flexibility index (Phi) is 3.53. The number of aryl methyl sites for hydroxylation is 2. The number of hydrogen-bond acceptors (Lipinski definition) is 1. The number of aromatic hydroxyl groups is 1. The molecule has 88 valence electrons. The van der Waals surface area contributed by atoms with E-state index in [1.165, 1.54) is 5.56 Å². The normalized spacial score (nSPS) is 10.5. The van der Waals surface area contributed by atoms with E-state index in [1.54, 1.807) is 0 Å². The van der Waals surface area contributed by atoms with Gasteiger partial charge in [-0.3, -0.25) is 0 Å². The lowest BCUT2D eigenvalue weighted by Gasteiger charge is -2.10. The monoisotopic (exact) mass is 290 g/mol. The third kappa shape index (κ3) is 2.89. The van der Waals surface area contributed by atoms with Crippen LogP contribution in [0.25, 0.3) is 0 Å². The van der Waals surface area contributed by atoms with Crippen molar-refractivity contribution in [1.29, 1.82) is 0 Å². The lowest BCUT2D eigenvalue weighted by atomic mass is 9.98. The number of halogens is 1. The first-order valence-electron chi connectivity index (χ1n) is 5.60. The Labute approximate surface area is 110 Å². The second-order valence-corrected chi connectivity index (χ2v) is 5.30. The second-order valence-electron chi connectivity index (χ2n) is 4.38. The summed E-state index contributed by atoms with van der Waals surface area (Å²) in [6.45, 7) is 4.04. The van der Waals surface area contributed by atoms with Gasteiger partial charge in [-0.2, -0.15) is 0 Å². The summed E-state index contributed by atoms with van der Waals surface area (Å²) in [6.07, 6.45) is 0.769. The van der Waals surface area contributed by atoms with Gasteiger partial charge in [0.15, 0.2) is 0 Å². The Hall–Kier alpha value is -1.28. The Balaban J connectivity index is 2.33. The van der Waals surface area contributed by atoms with Gasteiger partial charge in [-0.25, -0.2) is 0 Å². The van der Waals surface area contributed by atoms with E-state index in [0.717, 1.165) is 27.6 Å². The van der Waals surface area contributed by atoms with Crippen LogP contribution < -0.4 is 0 Å². The predicted molar refractivity (Wildman–Crippen MR) is 74.5 cm³/mol. The van der Waals surface area contributed by atoms with Crippen LogP contribution in [0.1, 0.15) is 22.3 Å². The molecule has 0 aliphatic rings. The van der Waals surface area contributed by atoms with Crippen LogP contribution in [0.3, 0.4) is 0 Å². The number of benzene rings is 2. The van der Waals surface area contributed by atoms with Crippen LogP contribution in [0.4, 0.5) is 0 Å². The molecule has 2 heteroatoms. The molecule has 0 amide bonds. The minimum Gasteiger partial charge on any atom is -0.508 e. The molecule has 0 aliphatic carbocycles. The quantitative estimate of drug-likeness (QED) is 0.871. The lowest BCUT2D eigenvalue weighted by molar-refractivity contribution is 0.468. The molecule has 0 heterocycles. The molecule has 2 aromatic rings. The van der Waals surface area contributed by atoms with Crippen molar-refractivity contribution in [1.82, 2.24) is 0 Å². The molecule has 0 aromatic heterocycles.